The third-order valence-electron chi connectivity index (χ3n) is 5.97. The minimum absolute atomic E-state index is 0.268. The number of unbranched alkanes of at least 4 members (excludes halogenated alkanes) is 15. The maximum absolute atomic E-state index is 11.9. The molecule has 180 valence electrons. The predicted molar refractivity (Wildman–Crippen MR) is 132 cm³/mol. The Morgan fingerprint density at radius 1 is 0.516 bits per heavy atom. The largest absolute Gasteiger partial charge is 0.300 e. The number of carbonyl (C=O) groups excluding carboxylic acids is 3. The van der Waals surface area contributed by atoms with Crippen molar-refractivity contribution in [3.05, 3.63) is 12.2 Å². The molecular weight excluding hydrogens is 384 g/mol. The lowest BCUT2D eigenvalue weighted by molar-refractivity contribution is -0.135. The number of allylic oxidation sites excluding steroid dienone is 2. The van der Waals surface area contributed by atoms with Crippen molar-refractivity contribution in [2.24, 2.45) is 0 Å². The summed E-state index contributed by atoms with van der Waals surface area (Å²) in [6.07, 6.45) is 28.2. The van der Waals surface area contributed by atoms with Gasteiger partial charge in [0.1, 0.15) is 5.78 Å². The molecule has 0 radical (unpaired) electrons. The molecule has 0 aliphatic rings. The van der Waals surface area contributed by atoms with Crippen molar-refractivity contribution in [2.75, 3.05) is 0 Å². The first-order valence-electron chi connectivity index (χ1n) is 13.3. The van der Waals surface area contributed by atoms with Gasteiger partial charge in [0.15, 0.2) is 11.6 Å². The molecule has 0 aliphatic carbocycles. The van der Waals surface area contributed by atoms with E-state index >= 15 is 0 Å². The van der Waals surface area contributed by atoms with Crippen LogP contribution in [0.15, 0.2) is 12.2 Å². The van der Waals surface area contributed by atoms with Gasteiger partial charge in [-0.1, -0.05) is 89.7 Å². The van der Waals surface area contributed by atoms with E-state index in [1.807, 2.05) is 0 Å². The van der Waals surface area contributed by atoms with E-state index in [0.29, 0.717) is 18.6 Å². The van der Waals surface area contributed by atoms with Gasteiger partial charge in [-0.3, -0.25) is 14.4 Å². The minimum atomic E-state index is -0.342. The lowest BCUT2D eigenvalue weighted by atomic mass is 10.0. The molecule has 0 aromatic heterocycles. The van der Waals surface area contributed by atoms with Crippen LogP contribution in [0.2, 0.25) is 0 Å². The zero-order valence-corrected chi connectivity index (χ0v) is 20.7. The van der Waals surface area contributed by atoms with Gasteiger partial charge in [-0.2, -0.15) is 0 Å². The zero-order chi connectivity index (χ0) is 23.0. The molecule has 31 heavy (non-hydrogen) atoms. The first-order chi connectivity index (χ1) is 15.1. The highest BCUT2D eigenvalue weighted by Crippen LogP contribution is 2.12. The fourth-order valence-electron chi connectivity index (χ4n) is 3.83. The fraction of sp³-hybridized carbons (Fsp3) is 0.821. The van der Waals surface area contributed by atoms with Crippen LogP contribution < -0.4 is 0 Å². The Labute approximate surface area is 192 Å². The average molecular weight is 435 g/mol. The molecule has 0 saturated carbocycles. The third kappa shape index (κ3) is 23.2. The summed E-state index contributed by atoms with van der Waals surface area (Å²) in [4.78, 5) is 34.0. The molecule has 0 aromatic rings. The summed E-state index contributed by atoms with van der Waals surface area (Å²) in [6.45, 7) is 3.60. The van der Waals surface area contributed by atoms with Gasteiger partial charge in [-0.05, 0) is 44.9 Å². The number of ketones is 3. The summed E-state index contributed by atoms with van der Waals surface area (Å²) >= 11 is 0. The first kappa shape index (κ1) is 29.8. The Morgan fingerprint density at radius 2 is 0.903 bits per heavy atom. The van der Waals surface area contributed by atoms with Crippen molar-refractivity contribution in [3.8, 4) is 0 Å². The van der Waals surface area contributed by atoms with Gasteiger partial charge in [-0.25, -0.2) is 0 Å². The SMILES string of the molecule is CCCCCCCCCC=CCCCCCCCC(=O)CCCCCCC(=O)C(C)=O. The second-order valence-corrected chi connectivity index (χ2v) is 9.12. The van der Waals surface area contributed by atoms with Gasteiger partial charge < -0.3 is 0 Å². The van der Waals surface area contributed by atoms with Gasteiger partial charge in [0.25, 0.3) is 0 Å². The van der Waals surface area contributed by atoms with Crippen molar-refractivity contribution in [2.45, 2.75) is 149 Å². The number of hydrogen-bond donors (Lipinski definition) is 0. The number of Topliss-reactive ketones (excluding diaryl/α,β-unsaturated/α-hetero) is 3. The third-order valence-corrected chi connectivity index (χ3v) is 5.97. The normalized spacial score (nSPS) is 11.3. The summed E-state index contributed by atoms with van der Waals surface area (Å²) in [5.74, 6) is -0.228. The smallest absolute Gasteiger partial charge is 0.198 e. The van der Waals surface area contributed by atoms with Crippen molar-refractivity contribution in [1.29, 1.82) is 0 Å². The van der Waals surface area contributed by atoms with Crippen LogP contribution in [0.5, 0.6) is 0 Å². The van der Waals surface area contributed by atoms with Crippen molar-refractivity contribution >= 4 is 17.3 Å². The summed E-state index contributed by atoms with van der Waals surface area (Å²) in [6, 6.07) is 0. The molecule has 0 saturated heterocycles. The van der Waals surface area contributed by atoms with Crippen molar-refractivity contribution in [3.63, 3.8) is 0 Å². The van der Waals surface area contributed by atoms with E-state index < -0.39 is 0 Å². The van der Waals surface area contributed by atoms with Crippen LogP contribution >= 0.6 is 0 Å². The molecule has 0 atom stereocenters. The highest BCUT2D eigenvalue weighted by atomic mass is 16.2. The van der Waals surface area contributed by atoms with E-state index in [-0.39, 0.29) is 11.6 Å². The summed E-state index contributed by atoms with van der Waals surface area (Å²) in [5, 5.41) is 0. The van der Waals surface area contributed by atoms with Crippen LogP contribution in [0.3, 0.4) is 0 Å². The maximum Gasteiger partial charge on any atom is 0.198 e. The highest BCUT2D eigenvalue weighted by molar-refractivity contribution is 6.36. The molecule has 3 nitrogen and oxygen atoms in total. The highest BCUT2D eigenvalue weighted by Gasteiger charge is 2.07. The van der Waals surface area contributed by atoms with Crippen LogP contribution in [-0.4, -0.2) is 17.3 Å². The van der Waals surface area contributed by atoms with Gasteiger partial charge in [0.05, 0.1) is 0 Å². The molecule has 0 heterocycles. The molecular formula is C28H50O3. The van der Waals surface area contributed by atoms with Crippen LogP contribution in [0.1, 0.15) is 149 Å². The fourth-order valence-corrected chi connectivity index (χ4v) is 3.83. The number of carbonyl (C=O) groups is 3. The van der Waals surface area contributed by atoms with E-state index in [4.69, 9.17) is 0 Å². The Kier molecular flexibility index (Phi) is 22.5. The van der Waals surface area contributed by atoms with E-state index in [9.17, 15) is 14.4 Å². The van der Waals surface area contributed by atoms with E-state index in [1.165, 1.54) is 90.4 Å². The van der Waals surface area contributed by atoms with Crippen LogP contribution in [0.25, 0.3) is 0 Å². The Morgan fingerprint density at radius 3 is 1.35 bits per heavy atom. The molecule has 0 unspecified atom stereocenters. The summed E-state index contributed by atoms with van der Waals surface area (Å²) < 4.78 is 0. The zero-order valence-electron chi connectivity index (χ0n) is 20.7. The van der Waals surface area contributed by atoms with Crippen LogP contribution in [-0.2, 0) is 14.4 Å². The van der Waals surface area contributed by atoms with Crippen LogP contribution in [0.4, 0.5) is 0 Å². The van der Waals surface area contributed by atoms with E-state index in [2.05, 4.69) is 19.1 Å². The molecule has 3 heteroatoms. The Bertz CT molecular complexity index is 479. The molecule has 0 amide bonds. The van der Waals surface area contributed by atoms with Gasteiger partial charge in [0, 0.05) is 26.2 Å². The monoisotopic (exact) mass is 434 g/mol. The van der Waals surface area contributed by atoms with Crippen molar-refractivity contribution in [1.82, 2.24) is 0 Å². The Hall–Kier alpha value is -1.25. The Balaban J connectivity index is 3.28. The number of hydrogen-bond acceptors (Lipinski definition) is 3. The second kappa shape index (κ2) is 23.4. The van der Waals surface area contributed by atoms with Gasteiger partial charge in [-0.15, -0.1) is 0 Å². The summed E-state index contributed by atoms with van der Waals surface area (Å²) in [7, 11) is 0. The molecule has 0 rings (SSSR count). The van der Waals surface area contributed by atoms with Crippen molar-refractivity contribution < 1.29 is 14.4 Å². The lowest BCUT2D eigenvalue weighted by Crippen LogP contribution is -2.08. The number of rotatable bonds is 24. The van der Waals surface area contributed by atoms with E-state index in [0.717, 1.165) is 38.5 Å². The summed E-state index contributed by atoms with van der Waals surface area (Å²) in [5.41, 5.74) is 0. The first-order valence-corrected chi connectivity index (χ1v) is 13.3. The maximum atomic E-state index is 11.9. The second-order valence-electron chi connectivity index (χ2n) is 9.12. The molecule has 0 N–H and O–H groups in total. The minimum Gasteiger partial charge on any atom is -0.300 e. The van der Waals surface area contributed by atoms with Gasteiger partial charge >= 0.3 is 0 Å². The quantitative estimate of drug-likeness (QED) is 0.0869. The average Bonchev–Trinajstić information content (AvgIpc) is 2.75. The lowest BCUT2D eigenvalue weighted by Gasteiger charge is -2.02. The molecule has 0 fully saturated rings. The predicted octanol–water partition coefficient (Wildman–Crippen LogP) is 8.48. The molecule has 0 aliphatic heterocycles. The van der Waals surface area contributed by atoms with Crippen LogP contribution in [0, 0.1) is 0 Å². The molecule has 0 bridgehead atoms. The van der Waals surface area contributed by atoms with E-state index in [1.54, 1.807) is 0 Å². The molecule has 0 spiro atoms. The topological polar surface area (TPSA) is 51.2 Å². The van der Waals surface area contributed by atoms with Gasteiger partial charge in [0.2, 0.25) is 0 Å². The standard InChI is InChI=1S/C28H50O3/c1-3-4-5-6-7-8-9-10-11-12-13-14-15-16-17-20-23-27(30)24-21-18-19-22-25-28(31)26(2)29/h11-12H,3-10,13-25H2,1-2H3. The molecule has 0 aromatic carbocycles.